The van der Waals surface area contributed by atoms with E-state index in [-0.39, 0.29) is 0 Å². The molecule has 2 aromatic heterocycles. The van der Waals surface area contributed by atoms with Gasteiger partial charge in [0.2, 0.25) is 0 Å². The van der Waals surface area contributed by atoms with Gasteiger partial charge < -0.3 is 10.6 Å². The molecule has 0 aliphatic heterocycles. The molecule has 132 valence electrons. The van der Waals surface area contributed by atoms with E-state index < -0.39 is 0 Å². The van der Waals surface area contributed by atoms with Crippen molar-refractivity contribution in [1.29, 1.82) is 0 Å². The zero-order valence-electron chi connectivity index (χ0n) is 14.9. The van der Waals surface area contributed by atoms with Crippen LogP contribution >= 0.6 is 22.7 Å². The fourth-order valence-corrected chi connectivity index (χ4v) is 3.88. The molecule has 0 aromatic carbocycles. The minimum Gasteiger partial charge on any atom is -0.356 e. The summed E-state index contributed by atoms with van der Waals surface area (Å²) in [6.45, 7) is 8.19. The standard InChI is InChI=1S/C17H27N5S2/c1-5-14-10-21-15(24-14)7-9-20-17(18-4)19-8-6-13-11-23-16(22-13)12(2)3/h10-12H,5-9H2,1-4H3,(H2,18,19,20). The van der Waals surface area contributed by atoms with E-state index in [1.807, 2.05) is 6.20 Å². The Morgan fingerprint density at radius 3 is 2.58 bits per heavy atom. The Kier molecular flexibility index (Phi) is 7.65. The van der Waals surface area contributed by atoms with Crippen LogP contribution in [-0.2, 0) is 19.3 Å². The van der Waals surface area contributed by atoms with Gasteiger partial charge in [-0.1, -0.05) is 20.8 Å². The Balaban J connectivity index is 1.68. The van der Waals surface area contributed by atoms with Crippen LogP contribution in [0, 0.1) is 0 Å². The van der Waals surface area contributed by atoms with Gasteiger partial charge in [-0.3, -0.25) is 4.99 Å². The van der Waals surface area contributed by atoms with Crippen LogP contribution in [0.4, 0.5) is 0 Å². The third-order valence-electron chi connectivity index (χ3n) is 3.54. The van der Waals surface area contributed by atoms with E-state index in [4.69, 9.17) is 0 Å². The van der Waals surface area contributed by atoms with Crippen molar-refractivity contribution in [3.8, 4) is 0 Å². The molecular weight excluding hydrogens is 338 g/mol. The topological polar surface area (TPSA) is 62.2 Å². The van der Waals surface area contributed by atoms with Gasteiger partial charge in [0, 0.05) is 55.4 Å². The van der Waals surface area contributed by atoms with Crippen molar-refractivity contribution in [2.75, 3.05) is 20.1 Å². The van der Waals surface area contributed by atoms with Crippen LogP contribution in [0.15, 0.2) is 16.6 Å². The maximum atomic E-state index is 4.66. The Bertz CT molecular complexity index is 645. The van der Waals surface area contributed by atoms with Crippen molar-refractivity contribution in [1.82, 2.24) is 20.6 Å². The lowest BCUT2D eigenvalue weighted by Crippen LogP contribution is -2.39. The minimum absolute atomic E-state index is 0.505. The molecule has 0 unspecified atom stereocenters. The van der Waals surface area contributed by atoms with Gasteiger partial charge in [-0.05, 0) is 6.42 Å². The Labute approximate surface area is 152 Å². The van der Waals surface area contributed by atoms with E-state index in [1.54, 1.807) is 29.7 Å². The number of aliphatic imine (C=N–C) groups is 1. The SMILES string of the molecule is CCc1cnc(CCNC(=NC)NCCc2csc(C(C)C)n2)s1. The summed E-state index contributed by atoms with van der Waals surface area (Å²) in [4.78, 5) is 14.7. The highest BCUT2D eigenvalue weighted by Gasteiger charge is 2.06. The Morgan fingerprint density at radius 2 is 2.00 bits per heavy atom. The van der Waals surface area contributed by atoms with Crippen molar-refractivity contribution < 1.29 is 0 Å². The summed E-state index contributed by atoms with van der Waals surface area (Å²) in [5, 5.41) is 11.2. The molecule has 0 saturated carbocycles. The van der Waals surface area contributed by atoms with Crippen molar-refractivity contribution in [3.63, 3.8) is 0 Å². The van der Waals surface area contributed by atoms with Crippen LogP contribution < -0.4 is 10.6 Å². The first-order valence-corrected chi connectivity index (χ1v) is 10.1. The number of rotatable bonds is 8. The van der Waals surface area contributed by atoms with E-state index in [0.717, 1.165) is 44.0 Å². The van der Waals surface area contributed by atoms with E-state index in [9.17, 15) is 0 Å². The van der Waals surface area contributed by atoms with Crippen LogP contribution in [0.3, 0.4) is 0 Å². The first kappa shape index (κ1) is 18.9. The third kappa shape index (κ3) is 5.87. The molecule has 2 rings (SSSR count). The smallest absolute Gasteiger partial charge is 0.191 e. The molecule has 0 radical (unpaired) electrons. The van der Waals surface area contributed by atoms with E-state index in [1.165, 1.54) is 14.9 Å². The summed E-state index contributed by atoms with van der Waals surface area (Å²) in [6, 6.07) is 0. The number of aryl methyl sites for hydroxylation is 1. The summed E-state index contributed by atoms with van der Waals surface area (Å²) in [5.74, 6) is 1.34. The summed E-state index contributed by atoms with van der Waals surface area (Å²) < 4.78 is 0. The number of hydrogen-bond donors (Lipinski definition) is 2. The average molecular weight is 366 g/mol. The fraction of sp³-hybridized carbons (Fsp3) is 0.588. The van der Waals surface area contributed by atoms with Gasteiger partial charge in [-0.25, -0.2) is 9.97 Å². The van der Waals surface area contributed by atoms with Crippen LogP contribution in [0.1, 0.15) is 47.3 Å². The maximum absolute atomic E-state index is 4.66. The molecule has 0 atom stereocenters. The van der Waals surface area contributed by atoms with Gasteiger partial charge in [0.05, 0.1) is 15.7 Å². The van der Waals surface area contributed by atoms with E-state index >= 15 is 0 Å². The molecule has 7 heteroatoms. The van der Waals surface area contributed by atoms with Crippen molar-refractivity contribution >= 4 is 28.6 Å². The van der Waals surface area contributed by atoms with Gasteiger partial charge in [-0.15, -0.1) is 22.7 Å². The lowest BCUT2D eigenvalue weighted by molar-refractivity contribution is 0.769. The second-order valence-corrected chi connectivity index (χ2v) is 7.92. The van der Waals surface area contributed by atoms with Crippen molar-refractivity contribution in [2.45, 2.75) is 46.0 Å². The molecule has 0 aliphatic rings. The molecule has 0 fully saturated rings. The van der Waals surface area contributed by atoms with Crippen LogP contribution in [0.5, 0.6) is 0 Å². The zero-order valence-corrected chi connectivity index (χ0v) is 16.6. The van der Waals surface area contributed by atoms with Crippen LogP contribution in [0.2, 0.25) is 0 Å². The molecule has 2 heterocycles. The summed E-state index contributed by atoms with van der Waals surface area (Å²) in [7, 11) is 1.80. The number of hydrogen-bond acceptors (Lipinski definition) is 5. The molecule has 0 aliphatic carbocycles. The summed E-state index contributed by atoms with van der Waals surface area (Å²) in [6.07, 6.45) is 4.88. The first-order chi connectivity index (χ1) is 11.6. The number of nitrogens with one attached hydrogen (secondary N) is 2. The number of aromatic nitrogens is 2. The monoisotopic (exact) mass is 365 g/mol. The van der Waals surface area contributed by atoms with E-state index in [2.05, 4.69) is 51.7 Å². The highest BCUT2D eigenvalue weighted by Crippen LogP contribution is 2.19. The highest BCUT2D eigenvalue weighted by atomic mass is 32.1. The summed E-state index contributed by atoms with van der Waals surface area (Å²) >= 11 is 3.54. The molecule has 0 bridgehead atoms. The molecule has 0 amide bonds. The molecule has 2 N–H and O–H groups in total. The molecular formula is C17H27N5S2. The molecule has 0 saturated heterocycles. The lowest BCUT2D eigenvalue weighted by Gasteiger charge is -2.10. The van der Waals surface area contributed by atoms with Gasteiger partial charge >= 0.3 is 0 Å². The number of thiazole rings is 2. The van der Waals surface area contributed by atoms with Crippen molar-refractivity contribution in [3.05, 3.63) is 32.2 Å². The number of guanidine groups is 1. The van der Waals surface area contributed by atoms with Crippen molar-refractivity contribution in [2.24, 2.45) is 4.99 Å². The largest absolute Gasteiger partial charge is 0.356 e. The first-order valence-electron chi connectivity index (χ1n) is 8.44. The third-order valence-corrected chi connectivity index (χ3v) is 5.94. The van der Waals surface area contributed by atoms with Crippen LogP contribution in [-0.4, -0.2) is 36.1 Å². The Hall–Kier alpha value is -1.47. The minimum atomic E-state index is 0.505. The lowest BCUT2D eigenvalue weighted by atomic mass is 10.2. The molecule has 24 heavy (non-hydrogen) atoms. The maximum Gasteiger partial charge on any atom is 0.191 e. The second kappa shape index (κ2) is 9.74. The molecule has 2 aromatic rings. The highest BCUT2D eigenvalue weighted by molar-refractivity contribution is 7.11. The van der Waals surface area contributed by atoms with Gasteiger partial charge in [0.15, 0.2) is 5.96 Å². The molecule has 0 spiro atoms. The predicted molar refractivity (Wildman–Crippen MR) is 104 cm³/mol. The molecule has 5 nitrogen and oxygen atoms in total. The van der Waals surface area contributed by atoms with Gasteiger partial charge in [0.1, 0.15) is 0 Å². The van der Waals surface area contributed by atoms with Gasteiger partial charge in [-0.2, -0.15) is 0 Å². The quantitative estimate of drug-likeness (QED) is 0.557. The average Bonchev–Trinajstić information content (AvgIpc) is 3.22. The van der Waals surface area contributed by atoms with E-state index in [0.29, 0.717) is 5.92 Å². The Morgan fingerprint density at radius 1 is 1.25 bits per heavy atom. The number of nitrogens with zero attached hydrogens (tertiary/aromatic N) is 3. The van der Waals surface area contributed by atoms with Gasteiger partial charge in [0.25, 0.3) is 0 Å². The second-order valence-electron chi connectivity index (χ2n) is 5.83. The fourth-order valence-electron chi connectivity index (χ4n) is 2.15. The summed E-state index contributed by atoms with van der Waals surface area (Å²) in [5.41, 5.74) is 1.15. The predicted octanol–water partition coefficient (Wildman–Crippen LogP) is 3.24. The van der Waals surface area contributed by atoms with Crippen LogP contribution in [0.25, 0.3) is 0 Å². The zero-order chi connectivity index (χ0) is 17.4. The normalized spacial score (nSPS) is 12.0.